The minimum Gasteiger partial charge on any atom is -0.488 e. The molecule has 0 radical (unpaired) electrons. The standard InChI is InChI=1S/C14H19BrN2O3/c1-3-14(4-2)11(16)8-12(14)20-10-7-5-6-9(13(10)15)17(18)19/h5-7,11-12H,3-4,8,16H2,1-2H3. The van der Waals surface area contributed by atoms with Crippen molar-refractivity contribution in [1.29, 1.82) is 0 Å². The van der Waals surface area contributed by atoms with E-state index in [4.69, 9.17) is 10.5 Å². The highest BCUT2D eigenvalue weighted by Crippen LogP contribution is 2.49. The number of hydrogen-bond donors (Lipinski definition) is 1. The van der Waals surface area contributed by atoms with Gasteiger partial charge in [-0.1, -0.05) is 19.9 Å². The van der Waals surface area contributed by atoms with E-state index in [0.29, 0.717) is 10.2 Å². The number of benzene rings is 1. The van der Waals surface area contributed by atoms with E-state index in [-0.39, 0.29) is 23.2 Å². The lowest BCUT2D eigenvalue weighted by Crippen LogP contribution is -2.62. The Balaban J connectivity index is 2.23. The second-order valence-electron chi connectivity index (χ2n) is 5.24. The van der Waals surface area contributed by atoms with E-state index in [1.807, 2.05) is 0 Å². The number of nitro benzene ring substituents is 1. The normalized spacial score (nSPS) is 24.0. The van der Waals surface area contributed by atoms with Crippen molar-refractivity contribution in [3.8, 4) is 5.75 Å². The van der Waals surface area contributed by atoms with Gasteiger partial charge in [0.2, 0.25) is 0 Å². The third-order valence-electron chi connectivity index (χ3n) is 4.57. The molecule has 0 spiro atoms. The topological polar surface area (TPSA) is 78.4 Å². The molecule has 20 heavy (non-hydrogen) atoms. The van der Waals surface area contributed by atoms with Crippen molar-refractivity contribution in [2.24, 2.45) is 11.1 Å². The van der Waals surface area contributed by atoms with Gasteiger partial charge in [0, 0.05) is 23.9 Å². The maximum absolute atomic E-state index is 10.9. The van der Waals surface area contributed by atoms with Gasteiger partial charge >= 0.3 is 0 Å². The number of nitrogens with two attached hydrogens (primary N) is 1. The van der Waals surface area contributed by atoms with E-state index < -0.39 is 4.92 Å². The van der Waals surface area contributed by atoms with Crippen LogP contribution in [0.15, 0.2) is 22.7 Å². The van der Waals surface area contributed by atoms with Gasteiger partial charge in [0.15, 0.2) is 0 Å². The molecule has 5 nitrogen and oxygen atoms in total. The summed E-state index contributed by atoms with van der Waals surface area (Å²) >= 11 is 3.26. The van der Waals surface area contributed by atoms with Crippen LogP contribution < -0.4 is 10.5 Å². The van der Waals surface area contributed by atoms with Crippen molar-refractivity contribution in [2.75, 3.05) is 0 Å². The van der Waals surface area contributed by atoms with Gasteiger partial charge in [0.25, 0.3) is 5.69 Å². The summed E-state index contributed by atoms with van der Waals surface area (Å²) in [5.41, 5.74) is 6.13. The van der Waals surface area contributed by atoms with Crippen LogP contribution >= 0.6 is 15.9 Å². The molecule has 2 atom stereocenters. The Kier molecular flexibility index (Phi) is 4.34. The van der Waals surface area contributed by atoms with Crippen LogP contribution in [0.2, 0.25) is 0 Å². The molecule has 2 N–H and O–H groups in total. The molecule has 0 aliphatic heterocycles. The van der Waals surface area contributed by atoms with E-state index in [2.05, 4.69) is 29.8 Å². The maximum atomic E-state index is 10.9. The fourth-order valence-electron chi connectivity index (χ4n) is 3.06. The molecular formula is C14H19BrN2O3. The first-order valence-corrected chi connectivity index (χ1v) is 7.60. The predicted molar refractivity (Wildman–Crippen MR) is 80.8 cm³/mol. The van der Waals surface area contributed by atoms with Crippen LogP contribution in [-0.4, -0.2) is 17.1 Å². The first kappa shape index (κ1) is 15.3. The van der Waals surface area contributed by atoms with Crippen molar-refractivity contribution in [3.63, 3.8) is 0 Å². The monoisotopic (exact) mass is 342 g/mol. The fourth-order valence-corrected chi connectivity index (χ4v) is 3.56. The number of halogens is 1. The van der Waals surface area contributed by atoms with Crippen molar-refractivity contribution in [3.05, 3.63) is 32.8 Å². The predicted octanol–water partition coefficient (Wildman–Crippen LogP) is 3.64. The summed E-state index contributed by atoms with van der Waals surface area (Å²) in [4.78, 5) is 10.5. The van der Waals surface area contributed by atoms with Crippen LogP contribution in [0.5, 0.6) is 5.75 Å². The van der Waals surface area contributed by atoms with E-state index in [1.54, 1.807) is 12.1 Å². The Bertz CT molecular complexity index is 517. The molecule has 1 aliphatic rings. The van der Waals surface area contributed by atoms with Gasteiger partial charge in [0.1, 0.15) is 16.3 Å². The Hall–Kier alpha value is -1.14. The molecule has 1 aromatic carbocycles. The fraction of sp³-hybridized carbons (Fsp3) is 0.571. The van der Waals surface area contributed by atoms with Crippen molar-refractivity contribution in [1.82, 2.24) is 0 Å². The minimum absolute atomic E-state index is 0.0183. The van der Waals surface area contributed by atoms with Crippen molar-refractivity contribution < 1.29 is 9.66 Å². The SMILES string of the molecule is CCC1(CC)C(N)CC1Oc1cccc([N+](=O)[O-])c1Br. The molecule has 0 heterocycles. The van der Waals surface area contributed by atoms with Gasteiger partial charge in [-0.15, -0.1) is 0 Å². The Labute approximate surface area is 126 Å². The molecule has 0 saturated heterocycles. The first-order valence-electron chi connectivity index (χ1n) is 6.81. The van der Waals surface area contributed by atoms with Crippen molar-refractivity contribution in [2.45, 2.75) is 45.3 Å². The van der Waals surface area contributed by atoms with Gasteiger partial charge in [0.05, 0.1) is 4.92 Å². The van der Waals surface area contributed by atoms with E-state index >= 15 is 0 Å². The highest BCUT2D eigenvalue weighted by molar-refractivity contribution is 9.10. The zero-order valence-corrected chi connectivity index (χ0v) is 13.2. The maximum Gasteiger partial charge on any atom is 0.287 e. The number of rotatable bonds is 5. The lowest BCUT2D eigenvalue weighted by Gasteiger charge is -2.53. The second-order valence-corrected chi connectivity index (χ2v) is 6.03. The zero-order chi connectivity index (χ0) is 14.9. The summed E-state index contributed by atoms with van der Waals surface area (Å²) in [5.74, 6) is 0.516. The highest BCUT2D eigenvalue weighted by Gasteiger charge is 2.52. The summed E-state index contributed by atoms with van der Waals surface area (Å²) in [6, 6.07) is 4.98. The summed E-state index contributed by atoms with van der Waals surface area (Å²) in [5, 5.41) is 10.9. The Morgan fingerprint density at radius 3 is 2.65 bits per heavy atom. The van der Waals surface area contributed by atoms with Crippen LogP contribution in [0.4, 0.5) is 5.69 Å². The molecule has 6 heteroatoms. The summed E-state index contributed by atoms with van der Waals surface area (Å²) in [7, 11) is 0. The quantitative estimate of drug-likeness (QED) is 0.654. The molecule has 1 fully saturated rings. The largest absolute Gasteiger partial charge is 0.488 e. The summed E-state index contributed by atoms with van der Waals surface area (Å²) in [6.07, 6.45) is 2.70. The molecule has 0 bridgehead atoms. The third kappa shape index (κ3) is 2.31. The van der Waals surface area contributed by atoms with Gasteiger partial charge < -0.3 is 10.5 Å². The van der Waals surface area contributed by atoms with Gasteiger partial charge in [-0.3, -0.25) is 10.1 Å². The smallest absolute Gasteiger partial charge is 0.287 e. The van der Waals surface area contributed by atoms with E-state index in [1.165, 1.54) is 6.07 Å². The molecule has 2 rings (SSSR count). The summed E-state index contributed by atoms with van der Waals surface area (Å²) < 4.78 is 6.40. The zero-order valence-electron chi connectivity index (χ0n) is 11.6. The van der Waals surface area contributed by atoms with Crippen LogP contribution in [0.3, 0.4) is 0 Å². The van der Waals surface area contributed by atoms with E-state index in [9.17, 15) is 10.1 Å². The molecule has 2 unspecified atom stereocenters. The second kappa shape index (κ2) is 5.69. The lowest BCUT2D eigenvalue weighted by molar-refractivity contribution is -0.385. The van der Waals surface area contributed by atoms with Crippen LogP contribution in [-0.2, 0) is 0 Å². The average molecular weight is 343 g/mol. The molecule has 1 aromatic rings. The molecule has 0 aromatic heterocycles. The third-order valence-corrected chi connectivity index (χ3v) is 5.37. The Morgan fingerprint density at radius 2 is 2.15 bits per heavy atom. The van der Waals surface area contributed by atoms with Gasteiger partial charge in [-0.2, -0.15) is 0 Å². The van der Waals surface area contributed by atoms with Crippen molar-refractivity contribution >= 4 is 21.6 Å². The number of nitrogens with zero attached hydrogens (tertiary/aromatic N) is 1. The lowest BCUT2D eigenvalue weighted by atomic mass is 9.59. The molecule has 1 saturated carbocycles. The van der Waals surface area contributed by atoms with Crippen LogP contribution in [0.1, 0.15) is 33.1 Å². The van der Waals surface area contributed by atoms with E-state index in [0.717, 1.165) is 19.3 Å². The van der Waals surface area contributed by atoms with Gasteiger partial charge in [-0.05, 0) is 34.8 Å². The summed E-state index contributed by atoms with van der Waals surface area (Å²) in [6.45, 7) is 4.22. The van der Waals surface area contributed by atoms with Crippen LogP contribution in [0.25, 0.3) is 0 Å². The average Bonchev–Trinajstić information content (AvgIpc) is 2.41. The first-order chi connectivity index (χ1) is 9.46. The minimum atomic E-state index is -0.420. The molecule has 1 aliphatic carbocycles. The number of ether oxygens (including phenoxy) is 1. The number of nitro groups is 1. The molecule has 110 valence electrons. The number of hydrogen-bond acceptors (Lipinski definition) is 4. The van der Waals surface area contributed by atoms with Crippen LogP contribution in [0, 0.1) is 15.5 Å². The molecule has 0 amide bonds. The highest BCUT2D eigenvalue weighted by atomic mass is 79.9. The van der Waals surface area contributed by atoms with Gasteiger partial charge in [-0.25, -0.2) is 0 Å². The molecular weight excluding hydrogens is 324 g/mol. The Morgan fingerprint density at radius 1 is 1.50 bits per heavy atom.